The molecule has 16 heavy (non-hydrogen) atoms. The maximum Gasteiger partial charge on any atom is 0.147 e. The fourth-order valence-corrected chi connectivity index (χ4v) is 2.94. The summed E-state index contributed by atoms with van der Waals surface area (Å²) < 4.78 is 22.0. The third-order valence-corrected chi connectivity index (χ3v) is 4.30. The lowest BCUT2D eigenvalue weighted by atomic mass is 9.93. The van der Waals surface area contributed by atoms with Gasteiger partial charge in [-0.2, -0.15) is 0 Å². The smallest absolute Gasteiger partial charge is 0.147 e. The summed E-state index contributed by atoms with van der Waals surface area (Å²) in [7, 11) is -2.79. The highest BCUT2D eigenvalue weighted by molar-refractivity contribution is 7.90. The van der Waals surface area contributed by atoms with Crippen molar-refractivity contribution in [3.05, 3.63) is 0 Å². The maximum atomic E-state index is 11.0. The van der Waals surface area contributed by atoms with Crippen molar-refractivity contribution in [1.82, 2.24) is 4.90 Å². The van der Waals surface area contributed by atoms with Gasteiger partial charge < -0.3 is 10.6 Å². The second-order valence-corrected chi connectivity index (χ2v) is 7.11. The summed E-state index contributed by atoms with van der Waals surface area (Å²) in [6, 6.07) is 0. The van der Waals surface area contributed by atoms with E-state index in [1.54, 1.807) is 0 Å². The van der Waals surface area contributed by atoms with E-state index in [1.807, 2.05) is 0 Å². The molecule has 0 bridgehead atoms. The van der Waals surface area contributed by atoms with Gasteiger partial charge in [-0.1, -0.05) is 0 Å². The Balaban J connectivity index is 2.13. The molecule has 1 aliphatic heterocycles. The number of piperidine rings is 1. The van der Waals surface area contributed by atoms with Crippen LogP contribution in [0.25, 0.3) is 0 Å². The van der Waals surface area contributed by atoms with Crippen molar-refractivity contribution < 1.29 is 8.42 Å². The number of nitrogens with zero attached hydrogens (tertiary/aromatic N) is 1. The summed E-state index contributed by atoms with van der Waals surface area (Å²) in [5.41, 5.74) is 5.54. The van der Waals surface area contributed by atoms with Gasteiger partial charge in [0.2, 0.25) is 0 Å². The number of rotatable bonds is 6. The summed E-state index contributed by atoms with van der Waals surface area (Å²) >= 11 is 0. The van der Waals surface area contributed by atoms with E-state index in [4.69, 9.17) is 5.73 Å². The lowest BCUT2D eigenvalue weighted by Gasteiger charge is -2.31. The van der Waals surface area contributed by atoms with E-state index in [0.717, 1.165) is 44.9 Å². The minimum Gasteiger partial charge on any atom is -0.330 e. The Morgan fingerprint density at radius 2 is 1.94 bits per heavy atom. The van der Waals surface area contributed by atoms with Gasteiger partial charge in [-0.25, -0.2) is 8.42 Å². The highest BCUT2D eigenvalue weighted by Gasteiger charge is 2.18. The summed E-state index contributed by atoms with van der Waals surface area (Å²) in [6.07, 6.45) is 5.64. The highest BCUT2D eigenvalue weighted by Crippen LogP contribution is 2.19. The van der Waals surface area contributed by atoms with Crippen molar-refractivity contribution in [1.29, 1.82) is 0 Å². The number of likely N-dealkylation sites (tertiary alicyclic amines) is 1. The van der Waals surface area contributed by atoms with Crippen LogP contribution in [-0.4, -0.2) is 51.5 Å². The number of sulfone groups is 1. The average Bonchev–Trinajstić information content (AvgIpc) is 2.19. The SMILES string of the molecule is CS(=O)(=O)CCCN1CCC(CCN)CC1. The van der Waals surface area contributed by atoms with Crippen LogP contribution in [0.2, 0.25) is 0 Å². The van der Waals surface area contributed by atoms with Crippen LogP contribution in [0, 0.1) is 5.92 Å². The topological polar surface area (TPSA) is 63.4 Å². The summed E-state index contributed by atoms with van der Waals surface area (Å²) in [6.45, 7) is 3.92. The molecule has 96 valence electrons. The zero-order valence-corrected chi connectivity index (χ0v) is 11.0. The molecule has 0 spiro atoms. The van der Waals surface area contributed by atoms with Crippen LogP contribution >= 0.6 is 0 Å². The molecule has 1 rings (SSSR count). The van der Waals surface area contributed by atoms with Gasteiger partial charge in [-0.3, -0.25) is 0 Å². The van der Waals surface area contributed by atoms with Crippen LogP contribution in [-0.2, 0) is 9.84 Å². The Labute approximate surface area is 99.1 Å². The quantitative estimate of drug-likeness (QED) is 0.743. The van der Waals surface area contributed by atoms with Gasteiger partial charge in [0.05, 0.1) is 5.75 Å². The third kappa shape index (κ3) is 5.82. The van der Waals surface area contributed by atoms with Crippen LogP contribution in [0.15, 0.2) is 0 Å². The van der Waals surface area contributed by atoms with E-state index in [0.29, 0.717) is 5.75 Å². The lowest BCUT2D eigenvalue weighted by molar-refractivity contribution is 0.181. The van der Waals surface area contributed by atoms with E-state index in [-0.39, 0.29) is 0 Å². The first-order valence-corrected chi connectivity index (χ1v) is 8.17. The zero-order valence-electron chi connectivity index (χ0n) is 10.2. The molecule has 2 N–H and O–H groups in total. The van der Waals surface area contributed by atoms with E-state index in [2.05, 4.69) is 4.90 Å². The largest absolute Gasteiger partial charge is 0.330 e. The molecule has 1 saturated heterocycles. The molecule has 0 aliphatic carbocycles. The molecule has 5 heteroatoms. The Morgan fingerprint density at radius 3 is 2.44 bits per heavy atom. The van der Waals surface area contributed by atoms with Crippen LogP contribution in [0.3, 0.4) is 0 Å². The minimum atomic E-state index is -2.79. The van der Waals surface area contributed by atoms with Gasteiger partial charge in [0, 0.05) is 6.26 Å². The zero-order chi connectivity index (χ0) is 12.0. The molecule has 1 aliphatic rings. The summed E-state index contributed by atoms with van der Waals surface area (Å²) in [5.74, 6) is 1.10. The molecule has 0 aromatic carbocycles. The number of hydrogen-bond donors (Lipinski definition) is 1. The maximum absolute atomic E-state index is 11.0. The van der Waals surface area contributed by atoms with Gasteiger partial charge in [0.25, 0.3) is 0 Å². The molecule has 0 amide bonds. The van der Waals surface area contributed by atoms with Crippen LogP contribution in [0.1, 0.15) is 25.7 Å². The second-order valence-electron chi connectivity index (χ2n) is 4.85. The van der Waals surface area contributed by atoms with Crippen molar-refractivity contribution >= 4 is 9.84 Å². The molecule has 0 aromatic heterocycles. The predicted octanol–water partition coefficient (Wildman–Crippen LogP) is 0.482. The van der Waals surface area contributed by atoms with Gasteiger partial charge in [0.15, 0.2) is 0 Å². The van der Waals surface area contributed by atoms with Gasteiger partial charge in [0.1, 0.15) is 9.84 Å². The van der Waals surface area contributed by atoms with Crippen LogP contribution in [0.4, 0.5) is 0 Å². The minimum absolute atomic E-state index is 0.315. The first-order valence-electron chi connectivity index (χ1n) is 6.11. The van der Waals surface area contributed by atoms with Crippen molar-refractivity contribution in [2.75, 3.05) is 38.2 Å². The molecule has 0 atom stereocenters. The monoisotopic (exact) mass is 248 g/mol. The average molecular weight is 248 g/mol. The molecular weight excluding hydrogens is 224 g/mol. The Hall–Kier alpha value is -0.130. The lowest BCUT2D eigenvalue weighted by Crippen LogP contribution is -2.35. The number of nitrogens with two attached hydrogens (primary N) is 1. The van der Waals surface area contributed by atoms with E-state index in [9.17, 15) is 8.42 Å². The van der Waals surface area contributed by atoms with E-state index in [1.165, 1.54) is 19.1 Å². The van der Waals surface area contributed by atoms with Crippen molar-refractivity contribution in [2.45, 2.75) is 25.7 Å². The van der Waals surface area contributed by atoms with E-state index < -0.39 is 9.84 Å². The Morgan fingerprint density at radius 1 is 1.31 bits per heavy atom. The standard InChI is InChI=1S/C11H24N2O2S/c1-16(14,15)10-2-7-13-8-4-11(3-6-12)5-9-13/h11H,2-10,12H2,1H3. The molecule has 0 aromatic rings. The molecule has 0 unspecified atom stereocenters. The highest BCUT2D eigenvalue weighted by atomic mass is 32.2. The normalized spacial score (nSPS) is 20.1. The first kappa shape index (κ1) is 13.9. The van der Waals surface area contributed by atoms with Crippen molar-refractivity contribution in [3.8, 4) is 0 Å². The molecule has 1 heterocycles. The fourth-order valence-electron chi connectivity index (χ4n) is 2.28. The third-order valence-electron chi connectivity index (χ3n) is 3.27. The molecule has 0 radical (unpaired) electrons. The molecule has 4 nitrogen and oxygen atoms in total. The predicted molar refractivity (Wildman–Crippen MR) is 67.2 cm³/mol. The summed E-state index contributed by atoms with van der Waals surface area (Å²) in [4.78, 5) is 2.37. The number of hydrogen-bond acceptors (Lipinski definition) is 4. The van der Waals surface area contributed by atoms with Crippen LogP contribution < -0.4 is 5.73 Å². The second kappa shape index (κ2) is 6.57. The molecule has 0 saturated carbocycles. The Kier molecular flexibility index (Phi) is 5.72. The molecule has 1 fully saturated rings. The van der Waals surface area contributed by atoms with Gasteiger partial charge in [-0.15, -0.1) is 0 Å². The Bertz CT molecular complexity index is 282. The summed E-state index contributed by atoms with van der Waals surface area (Å²) in [5, 5.41) is 0. The van der Waals surface area contributed by atoms with Crippen molar-refractivity contribution in [3.63, 3.8) is 0 Å². The first-order chi connectivity index (χ1) is 7.51. The van der Waals surface area contributed by atoms with Gasteiger partial charge in [-0.05, 0) is 57.8 Å². The molecular formula is C11H24N2O2S. The van der Waals surface area contributed by atoms with Crippen molar-refractivity contribution in [2.24, 2.45) is 11.7 Å². The fraction of sp³-hybridized carbons (Fsp3) is 1.00. The van der Waals surface area contributed by atoms with Gasteiger partial charge >= 0.3 is 0 Å². The van der Waals surface area contributed by atoms with Crippen LogP contribution in [0.5, 0.6) is 0 Å². The van der Waals surface area contributed by atoms with E-state index >= 15 is 0 Å².